The number of carbonyl (C=O) groups is 2. The van der Waals surface area contributed by atoms with Crippen LogP contribution in [0, 0.1) is 17.7 Å². The van der Waals surface area contributed by atoms with Gasteiger partial charge in [0.05, 0.1) is 25.0 Å². The normalized spacial score (nSPS) is 20.0. The molecule has 0 aliphatic heterocycles. The molecule has 0 aromatic heterocycles. The molecular formula is C25H29FO4. The quantitative estimate of drug-likeness (QED) is 0.580. The molecule has 0 heterocycles. The molecule has 1 aliphatic carbocycles. The molecule has 160 valence electrons. The highest BCUT2D eigenvalue weighted by Gasteiger charge is 2.52. The molecule has 0 saturated heterocycles. The van der Waals surface area contributed by atoms with Gasteiger partial charge >= 0.3 is 11.9 Å². The van der Waals surface area contributed by atoms with E-state index >= 15 is 4.39 Å². The second kappa shape index (κ2) is 9.41. The molecule has 0 N–H and O–H groups in total. The Morgan fingerprint density at radius 1 is 0.933 bits per heavy atom. The van der Waals surface area contributed by atoms with E-state index in [0.717, 1.165) is 11.1 Å². The van der Waals surface area contributed by atoms with Gasteiger partial charge in [0.25, 0.3) is 0 Å². The highest BCUT2D eigenvalue weighted by Crippen LogP contribution is 2.51. The summed E-state index contributed by atoms with van der Waals surface area (Å²) in [5.41, 5.74) is 1.67. The zero-order valence-corrected chi connectivity index (χ0v) is 17.8. The Labute approximate surface area is 177 Å². The van der Waals surface area contributed by atoms with Gasteiger partial charge in [-0.15, -0.1) is 0 Å². The highest BCUT2D eigenvalue weighted by molar-refractivity contribution is 5.83. The minimum Gasteiger partial charge on any atom is -0.466 e. The summed E-state index contributed by atoms with van der Waals surface area (Å²) in [6.07, 6.45) is 1.56. The molecule has 0 bridgehead atoms. The fourth-order valence-corrected chi connectivity index (χ4v) is 4.63. The van der Waals surface area contributed by atoms with E-state index in [1.54, 1.807) is 26.0 Å². The zero-order chi connectivity index (χ0) is 21.7. The number of hydrogen-bond acceptors (Lipinski definition) is 4. The topological polar surface area (TPSA) is 52.6 Å². The van der Waals surface area contributed by atoms with Crippen LogP contribution in [0.1, 0.15) is 45.6 Å². The summed E-state index contributed by atoms with van der Waals surface area (Å²) in [6, 6.07) is 14.7. The minimum atomic E-state index is -0.583. The van der Waals surface area contributed by atoms with Crippen LogP contribution < -0.4 is 0 Å². The van der Waals surface area contributed by atoms with Crippen molar-refractivity contribution in [3.63, 3.8) is 0 Å². The van der Waals surface area contributed by atoms with Crippen LogP contribution in [0.15, 0.2) is 48.5 Å². The van der Waals surface area contributed by atoms with Crippen LogP contribution in [0.3, 0.4) is 0 Å². The second-order valence-corrected chi connectivity index (χ2v) is 7.82. The van der Waals surface area contributed by atoms with Crippen molar-refractivity contribution in [3.05, 3.63) is 59.9 Å². The lowest BCUT2D eigenvalue weighted by atomic mass is 9.75. The van der Waals surface area contributed by atoms with Crippen molar-refractivity contribution in [1.82, 2.24) is 0 Å². The lowest BCUT2D eigenvalue weighted by molar-refractivity contribution is -0.158. The van der Waals surface area contributed by atoms with Crippen LogP contribution in [-0.2, 0) is 24.5 Å². The number of carbonyl (C=O) groups excluding carboxylic acids is 2. The van der Waals surface area contributed by atoms with Crippen molar-refractivity contribution in [2.24, 2.45) is 11.8 Å². The summed E-state index contributed by atoms with van der Waals surface area (Å²) in [7, 11) is 0. The number of benzene rings is 2. The first-order valence-electron chi connectivity index (χ1n) is 10.6. The first-order valence-corrected chi connectivity index (χ1v) is 10.6. The Bertz CT molecular complexity index is 867. The van der Waals surface area contributed by atoms with Gasteiger partial charge in [-0.25, -0.2) is 4.39 Å². The molecule has 2 aromatic rings. The average Bonchev–Trinajstić information content (AvgIpc) is 3.16. The van der Waals surface area contributed by atoms with Crippen molar-refractivity contribution in [2.75, 3.05) is 13.2 Å². The first kappa shape index (κ1) is 22.0. The van der Waals surface area contributed by atoms with Gasteiger partial charge in [0.2, 0.25) is 0 Å². The minimum absolute atomic E-state index is 0.254. The van der Waals surface area contributed by atoms with Gasteiger partial charge in [-0.1, -0.05) is 49.4 Å². The number of hydrogen-bond donors (Lipinski definition) is 0. The lowest BCUT2D eigenvalue weighted by Crippen LogP contribution is -2.28. The lowest BCUT2D eigenvalue weighted by Gasteiger charge is -2.29. The van der Waals surface area contributed by atoms with E-state index in [-0.39, 0.29) is 31.0 Å². The van der Waals surface area contributed by atoms with Gasteiger partial charge in [0.15, 0.2) is 0 Å². The summed E-state index contributed by atoms with van der Waals surface area (Å²) in [5, 5.41) is 0. The molecule has 4 nitrogen and oxygen atoms in total. The SMILES string of the molecule is CCOC(=O)[C@@H]1CC(CC)(c2ccc(-c3ccccc3)c(F)c2)C[C@H]1C(=O)OCC. The van der Waals surface area contributed by atoms with Gasteiger partial charge in [-0.05, 0) is 55.7 Å². The Kier molecular flexibility index (Phi) is 6.91. The maximum atomic E-state index is 15.1. The molecule has 30 heavy (non-hydrogen) atoms. The maximum absolute atomic E-state index is 15.1. The fraction of sp³-hybridized carbons (Fsp3) is 0.440. The van der Waals surface area contributed by atoms with E-state index in [4.69, 9.17) is 9.47 Å². The third-order valence-corrected chi connectivity index (χ3v) is 6.23. The number of halogens is 1. The molecule has 2 atom stereocenters. The molecule has 0 radical (unpaired) electrons. The number of ether oxygens (including phenoxy) is 2. The van der Waals surface area contributed by atoms with Crippen LogP contribution in [-0.4, -0.2) is 25.2 Å². The van der Waals surface area contributed by atoms with Crippen LogP contribution in [0.4, 0.5) is 4.39 Å². The molecule has 5 heteroatoms. The predicted octanol–water partition coefficient (Wildman–Crippen LogP) is 5.29. The van der Waals surface area contributed by atoms with Gasteiger partial charge in [0.1, 0.15) is 5.82 Å². The summed E-state index contributed by atoms with van der Waals surface area (Å²) in [6.45, 7) is 6.02. The van der Waals surface area contributed by atoms with Gasteiger partial charge in [-0.2, -0.15) is 0 Å². The Morgan fingerprint density at radius 2 is 1.50 bits per heavy atom. The smallest absolute Gasteiger partial charge is 0.309 e. The molecular weight excluding hydrogens is 383 g/mol. The standard InChI is InChI=1S/C25H29FO4/c1-4-25(15-20(23(27)29-5-2)21(16-25)24(28)30-6-3)18-12-13-19(22(26)14-18)17-10-8-7-9-11-17/h7-14,20-21H,4-6,15-16H2,1-3H3/t20-,21-/m1/s1. The molecule has 1 aliphatic rings. The number of esters is 2. The molecule has 0 amide bonds. The largest absolute Gasteiger partial charge is 0.466 e. The predicted molar refractivity (Wildman–Crippen MR) is 113 cm³/mol. The summed E-state index contributed by atoms with van der Waals surface area (Å²) in [4.78, 5) is 25.2. The first-order chi connectivity index (χ1) is 14.5. The monoisotopic (exact) mass is 412 g/mol. The fourth-order valence-electron chi connectivity index (χ4n) is 4.63. The summed E-state index contributed by atoms with van der Waals surface area (Å²) in [5.74, 6) is -2.24. The van der Waals surface area contributed by atoms with Crippen LogP contribution in [0.5, 0.6) is 0 Å². The summed E-state index contributed by atoms with van der Waals surface area (Å²) >= 11 is 0. The van der Waals surface area contributed by atoms with E-state index < -0.39 is 17.3 Å². The third-order valence-electron chi connectivity index (χ3n) is 6.23. The second-order valence-electron chi connectivity index (χ2n) is 7.82. The van der Waals surface area contributed by atoms with E-state index in [0.29, 0.717) is 24.8 Å². The van der Waals surface area contributed by atoms with E-state index in [1.807, 2.05) is 43.3 Å². The molecule has 2 aromatic carbocycles. The average molecular weight is 413 g/mol. The molecule has 1 saturated carbocycles. The van der Waals surface area contributed by atoms with Crippen molar-refractivity contribution in [1.29, 1.82) is 0 Å². The third kappa shape index (κ3) is 4.25. The van der Waals surface area contributed by atoms with Crippen molar-refractivity contribution >= 4 is 11.9 Å². The Hall–Kier alpha value is -2.69. The molecule has 1 fully saturated rings. The molecule has 0 spiro atoms. The Balaban J connectivity index is 1.97. The van der Waals surface area contributed by atoms with Crippen LogP contribution in [0.25, 0.3) is 11.1 Å². The van der Waals surface area contributed by atoms with Gasteiger partial charge < -0.3 is 9.47 Å². The highest BCUT2D eigenvalue weighted by atomic mass is 19.1. The Morgan fingerprint density at radius 3 is 1.97 bits per heavy atom. The zero-order valence-electron chi connectivity index (χ0n) is 17.8. The van der Waals surface area contributed by atoms with Crippen LogP contribution >= 0.6 is 0 Å². The number of rotatable bonds is 7. The molecule has 0 unspecified atom stereocenters. The van der Waals surface area contributed by atoms with Crippen LogP contribution in [0.2, 0.25) is 0 Å². The van der Waals surface area contributed by atoms with Gasteiger partial charge in [0, 0.05) is 5.56 Å². The van der Waals surface area contributed by atoms with E-state index in [9.17, 15) is 9.59 Å². The maximum Gasteiger partial charge on any atom is 0.309 e. The van der Waals surface area contributed by atoms with Crippen molar-refractivity contribution in [2.45, 2.75) is 45.4 Å². The van der Waals surface area contributed by atoms with Crippen molar-refractivity contribution in [3.8, 4) is 11.1 Å². The van der Waals surface area contributed by atoms with Gasteiger partial charge in [-0.3, -0.25) is 9.59 Å². The van der Waals surface area contributed by atoms with E-state index in [1.165, 1.54) is 0 Å². The summed E-state index contributed by atoms with van der Waals surface area (Å²) < 4.78 is 25.5. The van der Waals surface area contributed by atoms with Crippen molar-refractivity contribution < 1.29 is 23.5 Å². The van der Waals surface area contributed by atoms with E-state index in [2.05, 4.69) is 0 Å². The molecule has 3 rings (SSSR count).